The Morgan fingerprint density at radius 1 is 1.06 bits per heavy atom. The van der Waals surface area contributed by atoms with Gasteiger partial charge in [0, 0.05) is 47.3 Å². The highest BCUT2D eigenvalue weighted by Gasteiger charge is 2.25. The molecule has 0 saturated carbocycles. The van der Waals surface area contributed by atoms with E-state index in [9.17, 15) is 4.79 Å². The minimum atomic E-state index is -0.105. The number of nitrogens with one attached hydrogen (secondary N) is 2. The molecule has 0 aromatic carbocycles. The zero-order valence-electron chi connectivity index (χ0n) is 18.3. The van der Waals surface area contributed by atoms with Crippen molar-refractivity contribution in [2.45, 2.75) is 59.0 Å². The molecular formula is C24H30N4OS2. The molecule has 2 amide bonds. The van der Waals surface area contributed by atoms with Crippen molar-refractivity contribution in [3.8, 4) is 5.00 Å². The molecule has 5 rings (SSSR count). The van der Waals surface area contributed by atoms with Crippen molar-refractivity contribution in [1.82, 2.24) is 14.8 Å². The molecule has 0 fully saturated rings. The average Bonchev–Trinajstić information content (AvgIpc) is 3.50. The van der Waals surface area contributed by atoms with Crippen LogP contribution in [0.5, 0.6) is 0 Å². The van der Waals surface area contributed by atoms with E-state index >= 15 is 0 Å². The van der Waals surface area contributed by atoms with Crippen LogP contribution in [-0.4, -0.2) is 28.6 Å². The second-order valence-corrected chi connectivity index (χ2v) is 10.7. The molecule has 7 heteroatoms. The molecule has 2 aliphatic rings. The lowest BCUT2D eigenvalue weighted by molar-refractivity contribution is 0.251. The third kappa shape index (κ3) is 4.06. The number of nitrogens with zero attached hydrogens (tertiary/aromatic N) is 2. The summed E-state index contributed by atoms with van der Waals surface area (Å²) in [5, 5.41) is 8.54. The smallest absolute Gasteiger partial charge is 0.320 e. The standard InChI is InChI=1S/C24H30N4OS2/c1-3-27-13-10-18-19(23(31-21(18)15-27)28-11-6-7-12-28)14-25-24(29)26-22-16(2)17-8-4-5-9-20(17)30-22/h6-7,11-12H,3-5,8-10,13-15H2,1-2H3,(H2,25,26,29). The van der Waals surface area contributed by atoms with Crippen LogP contribution in [-0.2, 0) is 32.4 Å². The monoisotopic (exact) mass is 454 g/mol. The molecule has 1 aliphatic carbocycles. The Labute approximate surface area is 192 Å². The Kier molecular flexibility index (Phi) is 5.91. The number of likely N-dealkylation sites (N-methyl/N-ethyl adjacent to an activating group) is 1. The first kappa shape index (κ1) is 20.8. The van der Waals surface area contributed by atoms with Gasteiger partial charge >= 0.3 is 6.03 Å². The second kappa shape index (κ2) is 8.81. The van der Waals surface area contributed by atoms with Gasteiger partial charge in [-0.05, 0) is 74.4 Å². The number of aromatic nitrogens is 1. The lowest BCUT2D eigenvalue weighted by Gasteiger charge is -2.25. The Morgan fingerprint density at radius 3 is 2.65 bits per heavy atom. The van der Waals surface area contributed by atoms with Gasteiger partial charge in [0.2, 0.25) is 0 Å². The van der Waals surface area contributed by atoms with Crippen LogP contribution in [0.25, 0.3) is 5.00 Å². The van der Waals surface area contributed by atoms with Crippen molar-refractivity contribution in [3.05, 3.63) is 56.5 Å². The molecule has 0 unspecified atom stereocenters. The minimum Gasteiger partial charge on any atom is -0.334 e. The number of aryl methyl sites for hydroxylation is 1. The molecule has 4 heterocycles. The molecule has 1 aliphatic heterocycles. The van der Waals surface area contributed by atoms with Gasteiger partial charge in [0.25, 0.3) is 0 Å². The van der Waals surface area contributed by atoms with E-state index in [0.717, 1.165) is 43.9 Å². The normalized spacial score (nSPS) is 16.1. The van der Waals surface area contributed by atoms with Gasteiger partial charge in [0.15, 0.2) is 0 Å². The van der Waals surface area contributed by atoms with Gasteiger partial charge in [-0.25, -0.2) is 4.79 Å². The summed E-state index contributed by atoms with van der Waals surface area (Å²) in [5.41, 5.74) is 5.43. The summed E-state index contributed by atoms with van der Waals surface area (Å²) < 4.78 is 2.19. The summed E-state index contributed by atoms with van der Waals surface area (Å²) in [6, 6.07) is 4.01. The first-order valence-corrected chi connectivity index (χ1v) is 12.9. The number of thiophene rings is 2. The summed E-state index contributed by atoms with van der Waals surface area (Å²) in [6.45, 7) is 8.11. The fraction of sp³-hybridized carbons (Fsp3) is 0.458. The Morgan fingerprint density at radius 2 is 1.87 bits per heavy atom. The fourth-order valence-corrected chi connectivity index (χ4v) is 7.46. The fourth-order valence-electron chi connectivity index (χ4n) is 4.80. The summed E-state index contributed by atoms with van der Waals surface area (Å²) in [7, 11) is 0. The first-order valence-electron chi connectivity index (χ1n) is 11.3. The number of urea groups is 1. The predicted octanol–water partition coefficient (Wildman–Crippen LogP) is 5.49. The number of carbonyl (C=O) groups excluding carboxylic acids is 1. The van der Waals surface area contributed by atoms with Gasteiger partial charge in [0.05, 0.1) is 5.00 Å². The quantitative estimate of drug-likeness (QED) is 0.536. The Bertz CT molecular complexity index is 1080. The first-order chi connectivity index (χ1) is 15.1. The molecule has 164 valence electrons. The largest absolute Gasteiger partial charge is 0.334 e. The van der Waals surface area contributed by atoms with Crippen LogP contribution < -0.4 is 10.6 Å². The zero-order chi connectivity index (χ0) is 21.4. The van der Waals surface area contributed by atoms with Gasteiger partial charge in [-0.1, -0.05) is 6.92 Å². The number of amides is 2. The van der Waals surface area contributed by atoms with Crippen molar-refractivity contribution in [2.75, 3.05) is 18.4 Å². The van der Waals surface area contributed by atoms with Crippen LogP contribution in [0.1, 0.15) is 51.8 Å². The van der Waals surface area contributed by atoms with E-state index in [2.05, 4.69) is 58.5 Å². The van der Waals surface area contributed by atoms with Crippen molar-refractivity contribution in [2.24, 2.45) is 0 Å². The van der Waals surface area contributed by atoms with Crippen LogP contribution in [0.2, 0.25) is 0 Å². The van der Waals surface area contributed by atoms with E-state index in [1.807, 2.05) is 11.3 Å². The molecule has 3 aromatic heterocycles. The van der Waals surface area contributed by atoms with Crippen molar-refractivity contribution < 1.29 is 4.79 Å². The molecule has 0 bridgehead atoms. The number of rotatable bonds is 5. The molecule has 0 radical (unpaired) electrons. The summed E-state index contributed by atoms with van der Waals surface area (Å²) >= 11 is 3.63. The van der Waals surface area contributed by atoms with Gasteiger partial charge in [0.1, 0.15) is 5.00 Å². The van der Waals surface area contributed by atoms with E-state index in [1.54, 1.807) is 11.3 Å². The maximum atomic E-state index is 12.8. The van der Waals surface area contributed by atoms with E-state index < -0.39 is 0 Å². The van der Waals surface area contributed by atoms with Crippen LogP contribution in [0.4, 0.5) is 9.80 Å². The van der Waals surface area contributed by atoms with Crippen LogP contribution >= 0.6 is 22.7 Å². The van der Waals surface area contributed by atoms with Crippen molar-refractivity contribution in [1.29, 1.82) is 0 Å². The number of anilines is 1. The highest BCUT2D eigenvalue weighted by Crippen LogP contribution is 2.38. The maximum Gasteiger partial charge on any atom is 0.320 e. The van der Waals surface area contributed by atoms with Gasteiger partial charge in [-0.15, -0.1) is 22.7 Å². The van der Waals surface area contributed by atoms with Gasteiger partial charge in [-0.2, -0.15) is 0 Å². The molecular weight excluding hydrogens is 424 g/mol. The van der Waals surface area contributed by atoms with Gasteiger partial charge in [-0.3, -0.25) is 10.2 Å². The average molecular weight is 455 g/mol. The third-order valence-corrected chi connectivity index (χ3v) is 9.18. The SMILES string of the molecule is CCN1CCc2c(sc(-n3cccc3)c2CNC(=O)Nc2sc3c(c2C)CCCC3)C1. The van der Waals surface area contributed by atoms with Crippen molar-refractivity contribution in [3.63, 3.8) is 0 Å². The van der Waals surface area contributed by atoms with E-state index in [0.29, 0.717) is 6.54 Å². The molecule has 0 spiro atoms. The topological polar surface area (TPSA) is 49.3 Å². The third-order valence-electron chi connectivity index (χ3n) is 6.60. The Balaban J connectivity index is 1.34. The lowest BCUT2D eigenvalue weighted by Crippen LogP contribution is -2.31. The van der Waals surface area contributed by atoms with Crippen LogP contribution in [0, 0.1) is 6.92 Å². The molecule has 3 aromatic rings. The molecule has 0 saturated heterocycles. The molecule has 2 N–H and O–H groups in total. The molecule has 0 atom stereocenters. The molecule has 5 nitrogen and oxygen atoms in total. The van der Waals surface area contributed by atoms with E-state index in [4.69, 9.17) is 0 Å². The van der Waals surface area contributed by atoms with E-state index in [1.165, 1.54) is 49.9 Å². The van der Waals surface area contributed by atoms with Crippen LogP contribution in [0.3, 0.4) is 0 Å². The van der Waals surface area contributed by atoms with Crippen LogP contribution in [0.15, 0.2) is 24.5 Å². The zero-order valence-corrected chi connectivity index (χ0v) is 19.9. The molecule has 31 heavy (non-hydrogen) atoms. The second-order valence-electron chi connectivity index (χ2n) is 8.47. The number of fused-ring (bicyclic) bond motifs is 2. The highest BCUT2D eigenvalue weighted by atomic mass is 32.1. The number of hydrogen-bond acceptors (Lipinski definition) is 4. The number of carbonyl (C=O) groups is 1. The maximum absolute atomic E-state index is 12.8. The summed E-state index contributed by atoms with van der Waals surface area (Å²) in [5.74, 6) is 0. The highest BCUT2D eigenvalue weighted by molar-refractivity contribution is 7.16. The minimum absolute atomic E-state index is 0.105. The number of hydrogen-bond donors (Lipinski definition) is 2. The Hall–Kier alpha value is -2.09. The summed E-state index contributed by atoms with van der Waals surface area (Å²) in [6.07, 6.45) is 10.1. The van der Waals surface area contributed by atoms with Gasteiger partial charge < -0.3 is 9.88 Å². The van der Waals surface area contributed by atoms with E-state index in [-0.39, 0.29) is 6.03 Å². The predicted molar refractivity (Wildman–Crippen MR) is 130 cm³/mol. The van der Waals surface area contributed by atoms with Crippen molar-refractivity contribution >= 4 is 33.7 Å². The summed E-state index contributed by atoms with van der Waals surface area (Å²) in [4.78, 5) is 18.2. The lowest BCUT2D eigenvalue weighted by atomic mass is 9.96.